The quantitative estimate of drug-likeness (QED) is 0.812. The third kappa shape index (κ3) is 2.66. The molecule has 0 aromatic carbocycles. The van der Waals surface area contributed by atoms with Crippen LogP contribution in [0.5, 0.6) is 0 Å². The molecular weight excluding hydrogens is 236 g/mol. The van der Waals surface area contributed by atoms with Crippen LogP contribution in [0, 0.1) is 12.8 Å². The number of aryl methyl sites for hydroxylation is 1. The van der Waals surface area contributed by atoms with E-state index < -0.39 is 5.97 Å². The van der Waals surface area contributed by atoms with Crippen LogP contribution < -0.4 is 0 Å². The normalized spacial score (nSPS) is 16.8. The van der Waals surface area contributed by atoms with Gasteiger partial charge in [-0.2, -0.15) is 0 Å². The van der Waals surface area contributed by atoms with E-state index in [-0.39, 0.29) is 18.4 Å². The molecule has 1 aromatic heterocycles. The molecule has 2 heterocycles. The zero-order valence-electron chi connectivity index (χ0n) is 10.2. The van der Waals surface area contributed by atoms with Gasteiger partial charge >= 0.3 is 5.97 Å². The maximum absolute atomic E-state index is 12.0. The molecule has 2 rings (SSSR count). The molecule has 1 N–H and O–H groups in total. The van der Waals surface area contributed by atoms with Crippen molar-refractivity contribution in [3.63, 3.8) is 0 Å². The number of carboxylic acids is 1. The van der Waals surface area contributed by atoms with E-state index in [2.05, 4.69) is 10.3 Å². The molecule has 1 saturated heterocycles. The molecule has 0 aliphatic carbocycles. The van der Waals surface area contributed by atoms with Crippen LogP contribution in [0.15, 0.2) is 6.20 Å². The third-order valence-corrected chi connectivity index (χ3v) is 3.29. The minimum atomic E-state index is -0.769. The molecule has 0 atom stereocenters. The van der Waals surface area contributed by atoms with Gasteiger partial charge in [0.15, 0.2) is 0 Å². The first-order valence-corrected chi connectivity index (χ1v) is 5.93. The second-order valence-corrected chi connectivity index (χ2v) is 4.53. The van der Waals surface area contributed by atoms with Crippen LogP contribution in [0.4, 0.5) is 0 Å². The van der Waals surface area contributed by atoms with Gasteiger partial charge in [0.1, 0.15) is 6.54 Å². The van der Waals surface area contributed by atoms with Crippen molar-refractivity contribution in [3.05, 3.63) is 11.9 Å². The van der Waals surface area contributed by atoms with Crippen LogP contribution in [0.1, 0.15) is 18.5 Å². The van der Waals surface area contributed by atoms with E-state index in [0.29, 0.717) is 25.9 Å². The Bertz CT molecular complexity index is 449. The van der Waals surface area contributed by atoms with Gasteiger partial charge in [0.25, 0.3) is 0 Å². The largest absolute Gasteiger partial charge is 0.481 e. The van der Waals surface area contributed by atoms with E-state index in [9.17, 15) is 9.59 Å². The molecule has 0 saturated carbocycles. The molecule has 1 amide bonds. The number of aromatic nitrogens is 3. The highest BCUT2D eigenvalue weighted by molar-refractivity contribution is 5.76. The van der Waals surface area contributed by atoms with Crippen molar-refractivity contribution in [2.75, 3.05) is 13.1 Å². The number of hydrogen-bond acceptors (Lipinski definition) is 4. The van der Waals surface area contributed by atoms with Gasteiger partial charge < -0.3 is 10.0 Å². The van der Waals surface area contributed by atoms with Gasteiger partial charge in [0.2, 0.25) is 5.91 Å². The SMILES string of the molecule is Cc1cnnn1CC(=O)N1CCC(C(=O)O)CC1. The lowest BCUT2D eigenvalue weighted by atomic mass is 9.97. The molecule has 1 aliphatic rings. The fourth-order valence-electron chi connectivity index (χ4n) is 2.07. The highest BCUT2D eigenvalue weighted by atomic mass is 16.4. The van der Waals surface area contributed by atoms with Gasteiger partial charge in [0.05, 0.1) is 17.8 Å². The van der Waals surface area contributed by atoms with Crippen LogP contribution in [0.3, 0.4) is 0 Å². The molecule has 0 unspecified atom stereocenters. The average molecular weight is 252 g/mol. The van der Waals surface area contributed by atoms with Gasteiger partial charge in [-0.1, -0.05) is 5.21 Å². The third-order valence-electron chi connectivity index (χ3n) is 3.29. The zero-order chi connectivity index (χ0) is 13.1. The summed E-state index contributed by atoms with van der Waals surface area (Å²) in [6.45, 7) is 3.01. The summed E-state index contributed by atoms with van der Waals surface area (Å²) in [5, 5.41) is 16.4. The predicted molar refractivity (Wildman–Crippen MR) is 61.7 cm³/mol. The summed E-state index contributed by atoms with van der Waals surface area (Å²) in [6.07, 6.45) is 2.65. The summed E-state index contributed by atoms with van der Waals surface area (Å²) in [4.78, 5) is 24.5. The van der Waals surface area contributed by atoms with E-state index in [1.807, 2.05) is 6.92 Å². The minimum Gasteiger partial charge on any atom is -0.481 e. The molecule has 0 bridgehead atoms. The first kappa shape index (κ1) is 12.5. The number of nitrogens with zero attached hydrogens (tertiary/aromatic N) is 4. The monoisotopic (exact) mass is 252 g/mol. The summed E-state index contributed by atoms with van der Waals surface area (Å²) in [5.74, 6) is -1.12. The summed E-state index contributed by atoms with van der Waals surface area (Å²) in [7, 11) is 0. The standard InChI is InChI=1S/C11H16N4O3/c1-8-6-12-13-15(8)7-10(16)14-4-2-9(3-5-14)11(17)18/h6,9H,2-5,7H2,1H3,(H,17,18). The molecule has 0 spiro atoms. The van der Waals surface area contributed by atoms with Crippen LogP contribution >= 0.6 is 0 Å². The molecular formula is C11H16N4O3. The van der Waals surface area contributed by atoms with Crippen molar-refractivity contribution in [1.29, 1.82) is 0 Å². The Balaban J connectivity index is 1.88. The molecule has 7 heteroatoms. The number of hydrogen-bond donors (Lipinski definition) is 1. The molecule has 7 nitrogen and oxygen atoms in total. The van der Waals surface area contributed by atoms with Crippen LogP contribution in [-0.2, 0) is 16.1 Å². The molecule has 98 valence electrons. The predicted octanol–water partition coefficient (Wildman–Crippen LogP) is -0.0903. The number of piperidine rings is 1. The van der Waals surface area contributed by atoms with Gasteiger partial charge in [0, 0.05) is 13.1 Å². The van der Waals surface area contributed by atoms with Crippen molar-refractivity contribution >= 4 is 11.9 Å². The summed E-state index contributed by atoms with van der Waals surface area (Å²) in [6, 6.07) is 0. The van der Waals surface area contributed by atoms with Crippen molar-refractivity contribution in [2.45, 2.75) is 26.3 Å². The molecule has 1 aromatic rings. The molecule has 1 fully saturated rings. The first-order chi connectivity index (χ1) is 8.58. The second kappa shape index (κ2) is 5.16. The molecule has 1 aliphatic heterocycles. The van der Waals surface area contributed by atoms with E-state index in [4.69, 9.17) is 5.11 Å². The van der Waals surface area contributed by atoms with Gasteiger partial charge in [-0.25, -0.2) is 4.68 Å². The number of likely N-dealkylation sites (tertiary alicyclic amines) is 1. The minimum absolute atomic E-state index is 0.0348. The number of rotatable bonds is 3. The van der Waals surface area contributed by atoms with E-state index in [1.54, 1.807) is 15.8 Å². The van der Waals surface area contributed by atoms with Gasteiger partial charge in [-0.15, -0.1) is 5.10 Å². The maximum atomic E-state index is 12.0. The lowest BCUT2D eigenvalue weighted by molar-refractivity contribution is -0.145. The van der Waals surface area contributed by atoms with Crippen molar-refractivity contribution in [1.82, 2.24) is 19.9 Å². The lowest BCUT2D eigenvalue weighted by Crippen LogP contribution is -2.42. The lowest BCUT2D eigenvalue weighted by Gasteiger charge is -2.30. The number of carbonyl (C=O) groups is 2. The fraction of sp³-hybridized carbons (Fsp3) is 0.636. The fourth-order valence-corrected chi connectivity index (χ4v) is 2.07. The summed E-state index contributed by atoms with van der Waals surface area (Å²) >= 11 is 0. The van der Waals surface area contributed by atoms with Crippen LogP contribution in [0.25, 0.3) is 0 Å². The first-order valence-electron chi connectivity index (χ1n) is 5.93. The van der Waals surface area contributed by atoms with Crippen molar-refractivity contribution in [2.24, 2.45) is 5.92 Å². The Labute approximate surface area is 104 Å². The highest BCUT2D eigenvalue weighted by Crippen LogP contribution is 2.17. The van der Waals surface area contributed by atoms with E-state index in [0.717, 1.165) is 5.69 Å². The average Bonchev–Trinajstić information content (AvgIpc) is 2.75. The Morgan fingerprint density at radius 2 is 2.11 bits per heavy atom. The summed E-state index contributed by atoms with van der Waals surface area (Å²) in [5.41, 5.74) is 0.837. The second-order valence-electron chi connectivity index (χ2n) is 4.53. The van der Waals surface area contributed by atoms with Crippen LogP contribution in [-0.4, -0.2) is 50.0 Å². The van der Waals surface area contributed by atoms with E-state index >= 15 is 0 Å². The van der Waals surface area contributed by atoms with Crippen molar-refractivity contribution in [3.8, 4) is 0 Å². The number of carbonyl (C=O) groups excluding carboxylic acids is 1. The summed E-state index contributed by atoms with van der Waals surface area (Å²) < 4.78 is 1.55. The molecule has 0 radical (unpaired) electrons. The number of aliphatic carboxylic acids is 1. The van der Waals surface area contributed by atoms with Gasteiger partial charge in [-0.05, 0) is 19.8 Å². The number of amides is 1. The number of carboxylic acid groups (broad SMARTS) is 1. The van der Waals surface area contributed by atoms with E-state index in [1.165, 1.54) is 0 Å². The van der Waals surface area contributed by atoms with Crippen molar-refractivity contribution < 1.29 is 14.7 Å². The Kier molecular flexibility index (Phi) is 3.59. The van der Waals surface area contributed by atoms with Crippen LogP contribution in [0.2, 0.25) is 0 Å². The topological polar surface area (TPSA) is 88.3 Å². The molecule has 18 heavy (non-hydrogen) atoms. The Hall–Kier alpha value is -1.92. The Morgan fingerprint density at radius 3 is 2.61 bits per heavy atom. The maximum Gasteiger partial charge on any atom is 0.306 e. The van der Waals surface area contributed by atoms with Gasteiger partial charge in [-0.3, -0.25) is 9.59 Å². The smallest absolute Gasteiger partial charge is 0.306 e. The Morgan fingerprint density at radius 1 is 1.44 bits per heavy atom. The zero-order valence-corrected chi connectivity index (χ0v) is 10.2. The highest BCUT2D eigenvalue weighted by Gasteiger charge is 2.27.